The van der Waals surface area contributed by atoms with Gasteiger partial charge in [-0.2, -0.15) is 0 Å². The first-order valence-corrected chi connectivity index (χ1v) is 4.99. The van der Waals surface area contributed by atoms with Crippen LogP contribution < -0.4 is 5.32 Å². The van der Waals surface area contributed by atoms with E-state index in [1.54, 1.807) is 0 Å². The molecule has 0 aliphatic heterocycles. The van der Waals surface area contributed by atoms with Crippen molar-refractivity contribution in [2.45, 2.75) is 19.1 Å². The predicted octanol–water partition coefficient (Wildman–Crippen LogP) is 1.34. The van der Waals surface area contributed by atoms with Crippen molar-refractivity contribution in [2.75, 3.05) is 7.05 Å². The van der Waals surface area contributed by atoms with Gasteiger partial charge in [-0.25, -0.2) is 5.26 Å². The van der Waals surface area contributed by atoms with Gasteiger partial charge in [0.2, 0.25) is 0 Å². The molecule has 82 valence electrons. The van der Waals surface area contributed by atoms with Crippen LogP contribution in [0.2, 0.25) is 0 Å². The Morgan fingerprint density at radius 2 is 1.87 bits per heavy atom. The number of aliphatic hydroxyl groups excluding tert-OH is 1. The quantitative estimate of drug-likeness (QED) is 0.600. The van der Waals surface area contributed by atoms with E-state index in [-0.39, 0.29) is 6.04 Å². The summed E-state index contributed by atoms with van der Waals surface area (Å²) in [5.74, 6) is 0. The molecule has 0 heterocycles. The third kappa shape index (κ3) is 5.33. The van der Waals surface area contributed by atoms with Crippen LogP contribution >= 0.6 is 0 Å². The van der Waals surface area contributed by atoms with Crippen molar-refractivity contribution in [3.05, 3.63) is 35.9 Å². The number of aliphatic hydroxyl groups is 1. The Morgan fingerprint density at radius 3 is 2.27 bits per heavy atom. The Labute approximate surface area is 96.2 Å². The predicted molar refractivity (Wildman–Crippen MR) is 62.9 cm³/mol. The number of likely N-dealkylation sites (N-methyl/N-ethyl adjacent to an activating group) is 1. The van der Waals surface area contributed by atoms with Gasteiger partial charge in [0.15, 0.2) is 0 Å². The summed E-state index contributed by atoms with van der Waals surface area (Å²) >= 11 is 3.70. The van der Waals surface area contributed by atoms with Crippen LogP contribution in [0.3, 0.4) is 0 Å². The van der Waals surface area contributed by atoms with Crippen LogP contribution in [0.4, 0.5) is 0 Å². The topological polar surface area (TPSA) is 56.0 Å². The van der Waals surface area contributed by atoms with Gasteiger partial charge in [-0.15, -0.1) is 0 Å². The molecule has 1 aromatic rings. The summed E-state index contributed by atoms with van der Waals surface area (Å²) < 4.78 is 0. The summed E-state index contributed by atoms with van der Waals surface area (Å²) in [7, 11) is 1.84. The zero-order valence-electron chi connectivity index (χ0n) is 8.84. The van der Waals surface area contributed by atoms with Crippen molar-refractivity contribution in [3.8, 4) is 5.40 Å². The zero-order chi connectivity index (χ0) is 11.7. The zero-order valence-corrected chi connectivity index (χ0v) is 9.66. The van der Waals surface area contributed by atoms with E-state index in [1.165, 1.54) is 5.40 Å². The normalized spacial score (nSPS) is 12.9. The molecule has 15 heavy (non-hydrogen) atoms. The number of hydrogen-bond donors (Lipinski definition) is 2. The minimum atomic E-state index is -0.420. The molecule has 2 atom stereocenters. The van der Waals surface area contributed by atoms with Gasteiger partial charge in [0.05, 0.1) is 6.10 Å². The van der Waals surface area contributed by atoms with E-state index in [2.05, 4.69) is 17.9 Å². The lowest BCUT2D eigenvalue weighted by molar-refractivity contribution is 0.140. The molecular weight excluding hydrogens is 208 g/mol. The van der Waals surface area contributed by atoms with Crippen molar-refractivity contribution < 1.29 is 5.11 Å². The smallest absolute Gasteiger partial charge is 0.0940 e. The lowest BCUT2D eigenvalue weighted by atomic mass is 10.0. The van der Waals surface area contributed by atoms with Crippen molar-refractivity contribution in [2.24, 2.45) is 0 Å². The van der Waals surface area contributed by atoms with Gasteiger partial charge in [-0.1, -0.05) is 35.7 Å². The summed E-state index contributed by atoms with van der Waals surface area (Å²) in [6.07, 6.45) is -0.420. The lowest BCUT2D eigenvalue weighted by Gasteiger charge is -2.17. The van der Waals surface area contributed by atoms with E-state index in [0.29, 0.717) is 0 Å². The minimum Gasteiger partial charge on any atom is -0.696 e. The SMILES string of the molecule is CNC(C)C(O)c1ccccc1.N#C[S-]. The second-order valence-corrected chi connectivity index (χ2v) is 3.21. The number of rotatable bonds is 3. The van der Waals surface area contributed by atoms with Crippen molar-refractivity contribution in [1.82, 2.24) is 5.32 Å². The lowest BCUT2D eigenvalue weighted by Crippen LogP contribution is -2.28. The van der Waals surface area contributed by atoms with E-state index >= 15 is 0 Å². The summed E-state index contributed by atoms with van der Waals surface area (Å²) in [5, 5.41) is 21.2. The van der Waals surface area contributed by atoms with E-state index in [1.807, 2.05) is 44.3 Å². The monoisotopic (exact) mass is 223 g/mol. The third-order valence-electron chi connectivity index (χ3n) is 2.07. The minimum absolute atomic E-state index is 0.0902. The number of nitrogens with one attached hydrogen (secondary N) is 1. The average Bonchev–Trinajstić information content (AvgIpc) is 2.29. The molecule has 0 saturated heterocycles. The van der Waals surface area contributed by atoms with Gasteiger partial charge in [0.25, 0.3) is 0 Å². The van der Waals surface area contributed by atoms with E-state index in [0.717, 1.165) is 5.56 Å². The van der Waals surface area contributed by atoms with Crippen LogP contribution in [0.1, 0.15) is 18.6 Å². The molecule has 0 spiro atoms. The Bertz CT molecular complexity index is 297. The molecule has 3 nitrogen and oxygen atoms in total. The number of thiocyanates is 1. The van der Waals surface area contributed by atoms with Gasteiger partial charge in [-0.3, -0.25) is 0 Å². The van der Waals surface area contributed by atoms with Gasteiger partial charge >= 0.3 is 0 Å². The highest BCUT2D eigenvalue weighted by Gasteiger charge is 2.12. The van der Waals surface area contributed by atoms with Crippen LogP contribution in [0.25, 0.3) is 0 Å². The molecule has 1 rings (SSSR count). The Balaban J connectivity index is 0.000000583. The summed E-state index contributed by atoms with van der Waals surface area (Å²) in [5.41, 5.74) is 0.958. The standard InChI is InChI=1S/C10H15NO.CHNS/c1-8(11-2)10(12)9-6-4-3-5-7-9;2-1-3/h3-8,10-12H,1-2H3;3H/p-1. The fourth-order valence-corrected chi connectivity index (χ4v) is 1.10. The van der Waals surface area contributed by atoms with Gasteiger partial charge < -0.3 is 23.1 Å². The van der Waals surface area contributed by atoms with Gasteiger partial charge in [0, 0.05) is 6.04 Å². The summed E-state index contributed by atoms with van der Waals surface area (Å²) in [4.78, 5) is 0. The highest BCUT2D eigenvalue weighted by atomic mass is 32.1. The number of nitrogens with zero attached hydrogens (tertiary/aromatic N) is 1. The van der Waals surface area contributed by atoms with Crippen molar-refractivity contribution in [1.29, 1.82) is 5.26 Å². The number of hydrogen-bond acceptors (Lipinski definition) is 4. The third-order valence-corrected chi connectivity index (χ3v) is 2.07. The molecular formula is C11H15N2OS-. The van der Waals surface area contributed by atoms with Gasteiger partial charge in [0.1, 0.15) is 0 Å². The number of nitriles is 1. The largest absolute Gasteiger partial charge is 0.696 e. The molecule has 0 fully saturated rings. The fraction of sp³-hybridized carbons (Fsp3) is 0.364. The maximum absolute atomic E-state index is 9.73. The maximum Gasteiger partial charge on any atom is 0.0940 e. The van der Waals surface area contributed by atoms with Crippen LogP contribution in [0.15, 0.2) is 30.3 Å². The molecule has 0 aliphatic rings. The Hall–Kier alpha value is -1.15. The van der Waals surface area contributed by atoms with Crippen LogP contribution in [-0.2, 0) is 12.6 Å². The second-order valence-electron chi connectivity index (χ2n) is 3.02. The van der Waals surface area contributed by atoms with Crippen LogP contribution in [0, 0.1) is 10.7 Å². The Morgan fingerprint density at radius 1 is 1.40 bits per heavy atom. The molecule has 1 aromatic carbocycles. The van der Waals surface area contributed by atoms with E-state index in [4.69, 9.17) is 5.26 Å². The first kappa shape index (κ1) is 13.8. The number of benzene rings is 1. The molecule has 0 aromatic heterocycles. The average molecular weight is 223 g/mol. The molecule has 0 radical (unpaired) electrons. The summed E-state index contributed by atoms with van der Waals surface area (Å²) in [6, 6.07) is 9.76. The molecule has 0 bridgehead atoms. The molecule has 2 unspecified atom stereocenters. The van der Waals surface area contributed by atoms with Crippen molar-refractivity contribution in [3.63, 3.8) is 0 Å². The molecule has 0 aliphatic carbocycles. The van der Waals surface area contributed by atoms with Crippen LogP contribution in [-0.4, -0.2) is 18.2 Å². The highest BCUT2D eigenvalue weighted by Crippen LogP contribution is 2.15. The van der Waals surface area contributed by atoms with Gasteiger partial charge in [-0.05, 0) is 19.5 Å². The first-order chi connectivity index (χ1) is 7.17. The van der Waals surface area contributed by atoms with Crippen molar-refractivity contribution >= 4 is 12.6 Å². The molecule has 0 saturated carbocycles. The Kier molecular flexibility index (Phi) is 7.56. The van der Waals surface area contributed by atoms with Crippen LogP contribution in [0.5, 0.6) is 0 Å². The molecule has 2 N–H and O–H groups in total. The molecule has 0 amide bonds. The van der Waals surface area contributed by atoms with E-state index in [9.17, 15) is 5.11 Å². The molecule has 4 heteroatoms. The summed E-state index contributed by atoms with van der Waals surface area (Å²) in [6.45, 7) is 1.96. The first-order valence-electron chi connectivity index (χ1n) is 4.58. The second kappa shape index (κ2) is 8.18. The van der Waals surface area contributed by atoms with E-state index < -0.39 is 6.10 Å². The highest BCUT2D eigenvalue weighted by molar-refractivity contribution is 7.64. The maximum atomic E-state index is 9.73. The fourth-order valence-electron chi connectivity index (χ4n) is 1.10.